The topological polar surface area (TPSA) is 59.4 Å². The van der Waals surface area contributed by atoms with Crippen molar-refractivity contribution in [2.45, 2.75) is 23.8 Å². The van der Waals surface area contributed by atoms with Crippen LogP contribution in [0, 0.1) is 13.8 Å². The highest BCUT2D eigenvalue weighted by atomic mass is 32.2. The van der Waals surface area contributed by atoms with Crippen LogP contribution in [-0.4, -0.2) is 23.2 Å². The van der Waals surface area contributed by atoms with Crippen molar-refractivity contribution in [2.24, 2.45) is 0 Å². The summed E-state index contributed by atoms with van der Waals surface area (Å²) in [7, 11) is 1.60. The predicted molar refractivity (Wildman–Crippen MR) is 77.8 cm³/mol. The van der Waals surface area contributed by atoms with Gasteiger partial charge in [0.05, 0.1) is 12.7 Å². The fourth-order valence-corrected chi connectivity index (χ4v) is 3.00. The maximum absolute atomic E-state index is 11.4. The normalized spacial score (nSPS) is 10.3. The number of aryl methyl sites for hydroxylation is 2. The van der Waals surface area contributed by atoms with Crippen LogP contribution in [-0.2, 0) is 0 Å². The minimum Gasteiger partial charge on any atom is -0.497 e. The van der Waals surface area contributed by atoms with Gasteiger partial charge in [-0.25, -0.2) is 9.78 Å². The molecule has 4 nitrogen and oxygen atoms in total. The van der Waals surface area contributed by atoms with Gasteiger partial charge in [0, 0.05) is 10.6 Å². The number of carboxylic acid groups (broad SMARTS) is 1. The molecule has 20 heavy (non-hydrogen) atoms. The first-order valence-corrected chi connectivity index (χ1v) is 6.86. The summed E-state index contributed by atoms with van der Waals surface area (Å²) in [5.74, 6) is -0.225. The van der Waals surface area contributed by atoms with E-state index in [9.17, 15) is 9.90 Å². The summed E-state index contributed by atoms with van der Waals surface area (Å²) in [6.07, 6.45) is 0. The van der Waals surface area contributed by atoms with Crippen LogP contribution in [0.3, 0.4) is 0 Å². The number of rotatable bonds is 4. The van der Waals surface area contributed by atoms with Crippen molar-refractivity contribution in [1.82, 2.24) is 4.98 Å². The van der Waals surface area contributed by atoms with Crippen molar-refractivity contribution >= 4 is 17.7 Å². The zero-order valence-corrected chi connectivity index (χ0v) is 12.3. The van der Waals surface area contributed by atoms with Gasteiger partial charge in [0.2, 0.25) is 0 Å². The van der Waals surface area contributed by atoms with Gasteiger partial charge in [-0.3, -0.25) is 0 Å². The molecule has 0 bridgehead atoms. The molecule has 0 amide bonds. The quantitative estimate of drug-likeness (QED) is 0.932. The average molecular weight is 289 g/mol. The Morgan fingerprint density at radius 3 is 2.70 bits per heavy atom. The molecule has 2 aromatic rings. The van der Waals surface area contributed by atoms with Crippen molar-refractivity contribution in [3.05, 3.63) is 47.2 Å². The van der Waals surface area contributed by atoms with E-state index in [1.54, 1.807) is 20.1 Å². The Balaban J connectivity index is 2.44. The Kier molecular flexibility index (Phi) is 4.29. The molecule has 0 radical (unpaired) electrons. The molecule has 0 saturated heterocycles. The fraction of sp³-hybridized carbons (Fsp3) is 0.200. The second-order valence-corrected chi connectivity index (χ2v) is 5.41. The Morgan fingerprint density at radius 1 is 1.30 bits per heavy atom. The number of carboxylic acids is 1. The monoisotopic (exact) mass is 289 g/mol. The number of aromatic nitrogens is 1. The molecule has 1 aromatic carbocycles. The highest BCUT2D eigenvalue weighted by molar-refractivity contribution is 7.99. The van der Waals surface area contributed by atoms with Gasteiger partial charge in [0.1, 0.15) is 10.8 Å². The summed E-state index contributed by atoms with van der Waals surface area (Å²) in [5.41, 5.74) is 1.77. The lowest BCUT2D eigenvalue weighted by Gasteiger charge is -2.10. The molecular formula is C15H15NO3S. The first-order valence-electron chi connectivity index (χ1n) is 6.04. The van der Waals surface area contributed by atoms with E-state index in [1.807, 2.05) is 31.2 Å². The number of methoxy groups -OCH3 is 1. The summed E-state index contributed by atoms with van der Waals surface area (Å²) in [6, 6.07) is 9.24. The van der Waals surface area contributed by atoms with E-state index in [1.165, 1.54) is 11.8 Å². The van der Waals surface area contributed by atoms with Crippen molar-refractivity contribution in [3.8, 4) is 5.75 Å². The average Bonchev–Trinajstić information content (AvgIpc) is 2.37. The third-order valence-electron chi connectivity index (χ3n) is 2.78. The zero-order chi connectivity index (χ0) is 14.7. The van der Waals surface area contributed by atoms with Gasteiger partial charge >= 0.3 is 5.97 Å². The second-order valence-electron chi connectivity index (χ2n) is 4.35. The van der Waals surface area contributed by atoms with Gasteiger partial charge in [0.25, 0.3) is 0 Å². The van der Waals surface area contributed by atoms with Crippen molar-refractivity contribution in [1.29, 1.82) is 0 Å². The minimum absolute atomic E-state index is 0.253. The first kappa shape index (κ1) is 14.4. The van der Waals surface area contributed by atoms with Crippen molar-refractivity contribution < 1.29 is 14.6 Å². The standard InChI is InChI=1S/C15H15NO3S/c1-9-7-10(2)16-14(13(9)15(17)18)20-12-6-4-5-11(8-12)19-3/h4-8H,1-3H3,(H,17,18). The number of ether oxygens (including phenoxy) is 1. The van der Waals surface area contributed by atoms with Crippen LogP contribution in [0.4, 0.5) is 0 Å². The van der Waals surface area contributed by atoms with Crippen LogP contribution in [0.1, 0.15) is 21.6 Å². The lowest BCUT2D eigenvalue weighted by atomic mass is 10.1. The third-order valence-corrected chi connectivity index (χ3v) is 3.76. The highest BCUT2D eigenvalue weighted by Gasteiger charge is 2.16. The van der Waals surface area contributed by atoms with Crippen molar-refractivity contribution in [2.75, 3.05) is 7.11 Å². The molecule has 0 aliphatic rings. The van der Waals surface area contributed by atoms with E-state index in [0.717, 1.165) is 21.9 Å². The van der Waals surface area contributed by atoms with E-state index in [2.05, 4.69) is 4.98 Å². The van der Waals surface area contributed by atoms with Gasteiger partial charge < -0.3 is 9.84 Å². The molecule has 1 heterocycles. The summed E-state index contributed by atoms with van der Waals surface area (Å²) >= 11 is 1.33. The molecule has 0 saturated carbocycles. The Morgan fingerprint density at radius 2 is 2.05 bits per heavy atom. The Bertz CT molecular complexity index is 656. The Labute approximate surface area is 121 Å². The molecule has 0 aliphatic heterocycles. The predicted octanol–water partition coefficient (Wildman–Crippen LogP) is 3.56. The second kappa shape index (κ2) is 5.96. The SMILES string of the molecule is COc1cccc(Sc2nc(C)cc(C)c2C(=O)O)c1. The van der Waals surface area contributed by atoms with E-state index in [0.29, 0.717) is 5.03 Å². The van der Waals surface area contributed by atoms with Gasteiger partial charge in [-0.15, -0.1) is 0 Å². The van der Waals surface area contributed by atoms with Crippen LogP contribution in [0.25, 0.3) is 0 Å². The smallest absolute Gasteiger partial charge is 0.338 e. The van der Waals surface area contributed by atoms with Crippen LogP contribution < -0.4 is 4.74 Å². The summed E-state index contributed by atoms with van der Waals surface area (Å²) < 4.78 is 5.17. The number of carbonyl (C=O) groups is 1. The van der Waals surface area contributed by atoms with Gasteiger partial charge in [-0.1, -0.05) is 17.8 Å². The molecule has 0 aliphatic carbocycles. The number of benzene rings is 1. The molecule has 0 atom stereocenters. The van der Waals surface area contributed by atoms with Crippen LogP contribution in [0.5, 0.6) is 5.75 Å². The minimum atomic E-state index is -0.958. The number of hydrogen-bond acceptors (Lipinski definition) is 4. The Hall–Kier alpha value is -2.01. The van der Waals surface area contributed by atoms with Crippen molar-refractivity contribution in [3.63, 3.8) is 0 Å². The van der Waals surface area contributed by atoms with Gasteiger partial charge in [0.15, 0.2) is 0 Å². The maximum Gasteiger partial charge on any atom is 0.338 e. The summed E-state index contributed by atoms with van der Waals surface area (Å²) in [4.78, 5) is 16.6. The van der Waals surface area contributed by atoms with Crippen LogP contribution in [0.15, 0.2) is 40.3 Å². The highest BCUT2D eigenvalue weighted by Crippen LogP contribution is 2.32. The third kappa shape index (κ3) is 3.11. The molecule has 1 N–H and O–H groups in total. The van der Waals surface area contributed by atoms with E-state index >= 15 is 0 Å². The van der Waals surface area contributed by atoms with Gasteiger partial charge in [-0.2, -0.15) is 0 Å². The lowest BCUT2D eigenvalue weighted by Crippen LogP contribution is -2.05. The number of nitrogens with zero attached hydrogens (tertiary/aromatic N) is 1. The molecular weight excluding hydrogens is 274 g/mol. The number of aromatic carboxylic acids is 1. The van der Waals surface area contributed by atoms with E-state index in [4.69, 9.17) is 4.74 Å². The summed E-state index contributed by atoms with van der Waals surface area (Å²) in [5, 5.41) is 9.84. The molecule has 0 spiro atoms. The molecule has 5 heteroatoms. The maximum atomic E-state index is 11.4. The van der Waals surface area contributed by atoms with Gasteiger partial charge in [-0.05, 0) is 43.7 Å². The number of pyridine rings is 1. The van der Waals surface area contributed by atoms with E-state index < -0.39 is 5.97 Å². The molecule has 0 fully saturated rings. The van der Waals surface area contributed by atoms with Crippen LogP contribution in [0.2, 0.25) is 0 Å². The fourth-order valence-electron chi connectivity index (χ4n) is 1.91. The lowest BCUT2D eigenvalue weighted by molar-refractivity contribution is 0.0691. The largest absolute Gasteiger partial charge is 0.497 e. The van der Waals surface area contributed by atoms with Crippen LogP contribution >= 0.6 is 11.8 Å². The summed E-state index contributed by atoms with van der Waals surface area (Å²) in [6.45, 7) is 3.64. The molecule has 104 valence electrons. The molecule has 1 aromatic heterocycles. The number of hydrogen-bond donors (Lipinski definition) is 1. The molecule has 2 rings (SSSR count). The van der Waals surface area contributed by atoms with E-state index in [-0.39, 0.29) is 5.56 Å². The first-order chi connectivity index (χ1) is 9.51. The molecule has 0 unspecified atom stereocenters. The zero-order valence-electron chi connectivity index (χ0n) is 11.5.